The van der Waals surface area contributed by atoms with Gasteiger partial charge in [-0.3, -0.25) is 10.00 Å². The van der Waals surface area contributed by atoms with Gasteiger partial charge in [0.25, 0.3) is 0 Å². The van der Waals surface area contributed by atoms with Gasteiger partial charge in [0.1, 0.15) is 0 Å². The summed E-state index contributed by atoms with van der Waals surface area (Å²) in [6.45, 7) is 2.50. The van der Waals surface area contributed by atoms with Crippen LogP contribution in [0, 0.1) is 0 Å². The maximum absolute atomic E-state index is 11.4. The Kier molecular flexibility index (Phi) is 4.62. The maximum Gasteiger partial charge on any atom is 0.208 e. The molecule has 1 fully saturated rings. The van der Waals surface area contributed by atoms with Crippen molar-refractivity contribution in [1.82, 2.24) is 19.8 Å². The van der Waals surface area contributed by atoms with E-state index in [2.05, 4.69) is 25.9 Å². The first-order chi connectivity index (χ1) is 10.5. The van der Waals surface area contributed by atoms with Crippen molar-refractivity contribution in [2.24, 2.45) is 0 Å². The zero-order valence-corrected chi connectivity index (χ0v) is 14.1. The van der Waals surface area contributed by atoms with Gasteiger partial charge in [-0.2, -0.15) is 5.10 Å². The molecule has 1 saturated heterocycles. The lowest BCUT2D eigenvalue weighted by Gasteiger charge is -2.32. The monoisotopic (exact) mass is 340 g/mol. The van der Waals surface area contributed by atoms with Gasteiger partial charge in [-0.25, -0.2) is 13.1 Å². The van der Waals surface area contributed by atoms with Gasteiger partial charge in [0.2, 0.25) is 10.0 Å². The van der Waals surface area contributed by atoms with Gasteiger partial charge in [-0.15, -0.1) is 11.3 Å². The van der Waals surface area contributed by atoms with E-state index >= 15 is 0 Å². The summed E-state index contributed by atoms with van der Waals surface area (Å²) < 4.78 is 25.5. The van der Waals surface area contributed by atoms with E-state index in [0.29, 0.717) is 0 Å². The second-order valence-corrected chi connectivity index (χ2v) is 8.44. The van der Waals surface area contributed by atoms with Crippen LogP contribution < -0.4 is 4.72 Å². The predicted molar refractivity (Wildman–Crippen MR) is 88.2 cm³/mol. The maximum atomic E-state index is 11.4. The van der Waals surface area contributed by atoms with Crippen LogP contribution in [0.1, 0.15) is 18.4 Å². The number of hydrogen-bond donors (Lipinski definition) is 2. The Morgan fingerprint density at radius 1 is 1.55 bits per heavy atom. The molecule has 0 aliphatic carbocycles. The highest BCUT2D eigenvalue weighted by Crippen LogP contribution is 2.27. The Bertz CT molecular complexity index is 709. The summed E-state index contributed by atoms with van der Waals surface area (Å²) in [5.41, 5.74) is 2.22. The summed E-state index contributed by atoms with van der Waals surface area (Å²) in [7, 11) is -3.15. The van der Waals surface area contributed by atoms with Crippen LogP contribution in [-0.4, -0.2) is 48.9 Å². The number of aromatic amines is 1. The van der Waals surface area contributed by atoms with E-state index in [1.54, 1.807) is 11.3 Å². The van der Waals surface area contributed by atoms with Crippen molar-refractivity contribution < 1.29 is 8.42 Å². The standard InChI is InChI=1S/C14H20N4O2S2/c1-22(19,20)17-12-4-2-6-18(10-12)9-11-8-15-16-14(11)13-5-3-7-21-13/h3,5,7-8,12,17H,2,4,6,9-10H2,1H3,(H,15,16)/t12-/m1/s1. The number of piperidine rings is 1. The topological polar surface area (TPSA) is 78.1 Å². The van der Waals surface area contributed by atoms with E-state index in [1.165, 1.54) is 11.1 Å². The molecule has 0 unspecified atom stereocenters. The zero-order valence-electron chi connectivity index (χ0n) is 12.4. The van der Waals surface area contributed by atoms with Crippen molar-refractivity contribution in [2.75, 3.05) is 19.3 Å². The van der Waals surface area contributed by atoms with Gasteiger partial charge in [0.05, 0.1) is 23.0 Å². The number of hydrogen-bond acceptors (Lipinski definition) is 5. The number of H-pyrrole nitrogens is 1. The van der Waals surface area contributed by atoms with Crippen LogP contribution in [0.3, 0.4) is 0 Å². The molecule has 0 radical (unpaired) electrons. The Balaban J connectivity index is 1.68. The SMILES string of the molecule is CS(=O)(=O)N[C@@H]1CCCN(Cc2cn[nH]c2-c2cccs2)C1. The molecule has 1 aliphatic rings. The summed E-state index contributed by atoms with van der Waals surface area (Å²) in [5.74, 6) is 0. The minimum atomic E-state index is -3.15. The summed E-state index contributed by atoms with van der Waals surface area (Å²) in [4.78, 5) is 3.46. The molecule has 1 aliphatic heterocycles. The highest BCUT2D eigenvalue weighted by atomic mass is 32.2. The lowest BCUT2D eigenvalue weighted by atomic mass is 10.1. The van der Waals surface area contributed by atoms with E-state index in [1.807, 2.05) is 17.6 Å². The van der Waals surface area contributed by atoms with E-state index in [9.17, 15) is 8.42 Å². The minimum Gasteiger partial charge on any atom is -0.297 e. The molecular formula is C14H20N4O2S2. The molecule has 6 nitrogen and oxygen atoms in total. The fourth-order valence-corrected chi connectivity index (χ4v) is 4.46. The smallest absolute Gasteiger partial charge is 0.208 e. The van der Waals surface area contributed by atoms with Crippen LogP contribution in [0.4, 0.5) is 0 Å². The van der Waals surface area contributed by atoms with Crippen molar-refractivity contribution in [1.29, 1.82) is 0 Å². The van der Waals surface area contributed by atoms with Crippen molar-refractivity contribution in [2.45, 2.75) is 25.4 Å². The van der Waals surface area contributed by atoms with Gasteiger partial charge in [-0.1, -0.05) is 6.07 Å². The summed E-state index contributed by atoms with van der Waals surface area (Å²) in [6.07, 6.45) is 4.98. The highest BCUT2D eigenvalue weighted by molar-refractivity contribution is 7.88. The number of likely N-dealkylation sites (tertiary alicyclic amines) is 1. The molecule has 0 spiro atoms. The van der Waals surface area contributed by atoms with E-state index < -0.39 is 10.0 Å². The van der Waals surface area contributed by atoms with Crippen molar-refractivity contribution in [3.05, 3.63) is 29.3 Å². The van der Waals surface area contributed by atoms with Crippen LogP contribution in [-0.2, 0) is 16.6 Å². The molecule has 8 heteroatoms. The van der Waals surface area contributed by atoms with Crippen LogP contribution in [0.15, 0.2) is 23.7 Å². The molecule has 2 N–H and O–H groups in total. The normalized spacial score (nSPS) is 20.3. The van der Waals surface area contributed by atoms with Gasteiger partial charge in [0.15, 0.2) is 0 Å². The van der Waals surface area contributed by atoms with Crippen LogP contribution in [0.25, 0.3) is 10.6 Å². The Labute approximate surface area is 134 Å². The molecule has 0 saturated carbocycles. The van der Waals surface area contributed by atoms with Crippen LogP contribution >= 0.6 is 11.3 Å². The highest BCUT2D eigenvalue weighted by Gasteiger charge is 2.23. The Morgan fingerprint density at radius 3 is 3.14 bits per heavy atom. The molecule has 120 valence electrons. The molecular weight excluding hydrogens is 320 g/mol. The average Bonchev–Trinajstić information content (AvgIpc) is 3.07. The predicted octanol–water partition coefficient (Wildman–Crippen LogP) is 1.65. The summed E-state index contributed by atoms with van der Waals surface area (Å²) >= 11 is 1.68. The number of nitrogens with zero attached hydrogens (tertiary/aromatic N) is 2. The quantitative estimate of drug-likeness (QED) is 0.867. The zero-order chi connectivity index (χ0) is 15.6. The summed E-state index contributed by atoms with van der Waals surface area (Å²) in [6, 6.07) is 4.10. The molecule has 0 amide bonds. The first-order valence-electron chi connectivity index (χ1n) is 7.27. The lowest BCUT2D eigenvalue weighted by molar-refractivity contribution is 0.195. The molecule has 3 heterocycles. The second-order valence-electron chi connectivity index (χ2n) is 5.71. The van der Waals surface area contributed by atoms with Crippen LogP contribution in [0.5, 0.6) is 0 Å². The molecule has 22 heavy (non-hydrogen) atoms. The molecule has 0 aromatic carbocycles. The summed E-state index contributed by atoms with van der Waals surface area (Å²) in [5, 5.41) is 9.28. The van der Waals surface area contributed by atoms with Gasteiger partial charge < -0.3 is 0 Å². The second kappa shape index (κ2) is 6.49. The third-order valence-corrected chi connectivity index (χ3v) is 5.41. The Morgan fingerprint density at radius 2 is 2.41 bits per heavy atom. The number of nitrogens with one attached hydrogen (secondary N) is 2. The lowest BCUT2D eigenvalue weighted by Crippen LogP contribution is -2.46. The molecule has 2 aromatic heterocycles. The third-order valence-electron chi connectivity index (χ3n) is 3.77. The number of rotatable bonds is 5. The first kappa shape index (κ1) is 15.7. The number of sulfonamides is 1. The van der Waals surface area contributed by atoms with Gasteiger partial charge in [-0.05, 0) is 30.8 Å². The number of thiophene rings is 1. The molecule has 0 bridgehead atoms. The van der Waals surface area contributed by atoms with Crippen molar-refractivity contribution >= 4 is 21.4 Å². The van der Waals surface area contributed by atoms with E-state index in [0.717, 1.165) is 43.7 Å². The Hall–Kier alpha value is -1.22. The average molecular weight is 340 g/mol. The van der Waals surface area contributed by atoms with Crippen molar-refractivity contribution in [3.8, 4) is 10.6 Å². The first-order valence-corrected chi connectivity index (χ1v) is 10.0. The number of aromatic nitrogens is 2. The largest absolute Gasteiger partial charge is 0.297 e. The third kappa shape index (κ3) is 3.95. The molecule has 2 aromatic rings. The van der Waals surface area contributed by atoms with Gasteiger partial charge in [0, 0.05) is 24.7 Å². The molecule has 1 atom stereocenters. The fraction of sp³-hybridized carbons (Fsp3) is 0.500. The van der Waals surface area contributed by atoms with Crippen LogP contribution in [0.2, 0.25) is 0 Å². The minimum absolute atomic E-state index is 0.000777. The van der Waals surface area contributed by atoms with E-state index in [4.69, 9.17) is 0 Å². The fourth-order valence-electron chi connectivity index (χ4n) is 2.90. The van der Waals surface area contributed by atoms with E-state index in [-0.39, 0.29) is 6.04 Å². The van der Waals surface area contributed by atoms with Crippen molar-refractivity contribution in [3.63, 3.8) is 0 Å². The van der Waals surface area contributed by atoms with Gasteiger partial charge >= 0.3 is 0 Å². The molecule has 3 rings (SSSR count).